The first-order valence-corrected chi connectivity index (χ1v) is 6.90. The van der Waals surface area contributed by atoms with Crippen LogP contribution in [0.2, 0.25) is 0 Å². The summed E-state index contributed by atoms with van der Waals surface area (Å²) in [4.78, 5) is 4.45. The Labute approximate surface area is 114 Å². The summed E-state index contributed by atoms with van der Waals surface area (Å²) in [5.74, 6) is 2.04. The van der Waals surface area contributed by atoms with Crippen molar-refractivity contribution in [1.82, 2.24) is 15.5 Å². The number of aromatic nitrogens is 2. The maximum atomic E-state index is 5.31. The summed E-state index contributed by atoms with van der Waals surface area (Å²) in [6.07, 6.45) is 2.06. The van der Waals surface area contributed by atoms with Gasteiger partial charge in [0.1, 0.15) is 0 Å². The number of hydrogen-bond donors (Lipinski definition) is 1. The van der Waals surface area contributed by atoms with Crippen LogP contribution in [0.1, 0.15) is 12.3 Å². The molecular formula is C13H14BrN3O. The van der Waals surface area contributed by atoms with Crippen molar-refractivity contribution in [2.24, 2.45) is 5.92 Å². The predicted molar refractivity (Wildman–Crippen MR) is 72.1 cm³/mol. The van der Waals surface area contributed by atoms with Crippen molar-refractivity contribution < 1.29 is 4.52 Å². The van der Waals surface area contributed by atoms with Gasteiger partial charge in [-0.2, -0.15) is 4.98 Å². The highest BCUT2D eigenvalue weighted by atomic mass is 79.9. The second kappa shape index (κ2) is 5.20. The van der Waals surface area contributed by atoms with Crippen LogP contribution >= 0.6 is 15.9 Å². The monoisotopic (exact) mass is 307 g/mol. The number of benzene rings is 1. The molecule has 3 rings (SSSR count). The van der Waals surface area contributed by atoms with Crippen LogP contribution in [-0.2, 0) is 6.42 Å². The summed E-state index contributed by atoms with van der Waals surface area (Å²) in [6, 6.07) is 7.92. The first-order chi connectivity index (χ1) is 8.81. The molecule has 1 aromatic carbocycles. The van der Waals surface area contributed by atoms with Crippen LogP contribution in [0, 0.1) is 5.92 Å². The summed E-state index contributed by atoms with van der Waals surface area (Å²) in [5.41, 5.74) is 0.984. The number of rotatable bonds is 3. The van der Waals surface area contributed by atoms with Crippen molar-refractivity contribution in [3.05, 3.63) is 34.6 Å². The lowest BCUT2D eigenvalue weighted by molar-refractivity contribution is 0.358. The van der Waals surface area contributed by atoms with Crippen molar-refractivity contribution >= 4 is 15.9 Å². The summed E-state index contributed by atoms with van der Waals surface area (Å²) in [5, 5.41) is 7.38. The Bertz CT molecular complexity index is 517. The average molecular weight is 308 g/mol. The fourth-order valence-corrected chi connectivity index (χ4v) is 2.45. The Hall–Kier alpha value is -1.20. The maximum absolute atomic E-state index is 5.31. The number of hydrogen-bond acceptors (Lipinski definition) is 4. The highest BCUT2D eigenvalue weighted by molar-refractivity contribution is 9.10. The van der Waals surface area contributed by atoms with Crippen LogP contribution in [0.25, 0.3) is 11.4 Å². The zero-order valence-electron chi connectivity index (χ0n) is 9.90. The number of nitrogens with zero attached hydrogens (tertiary/aromatic N) is 2. The van der Waals surface area contributed by atoms with E-state index in [2.05, 4.69) is 31.4 Å². The van der Waals surface area contributed by atoms with Gasteiger partial charge in [0.05, 0.1) is 0 Å². The topological polar surface area (TPSA) is 51.0 Å². The van der Waals surface area contributed by atoms with Crippen LogP contribution < -0.4 is 5.32 Å². The van der Waals surface area contributed by atoms with E-state index in [0.717, 1.165) is 35.4 Å². The Kier molecular flexibility index (Phi) is 3.43. The molecule has 0 aliphatic carbocycles. The van der Waals surface area contributed by atoms with Gasteiger partial charge in [-0.15, -0.1) is 0 Å². The summed E-state index contributed by atoms with van der Waals surface area (Å²) >= 11 is 3.41. The normalized spacial score (nSPS) is 19.3. The molecule has 1 atom stereocenters. The quantitative estimate of drug-likeness (QED) is 0.947. The third-order valence-corrected chi connectivity index (χ3v) is 3.72. The predicted octanol–water partition coefficient (Wildman–Crippen LogP) is 2.65. The van der Waals surface area contributed by atoms with Gasteiger partial charge in [-0.3, -0.25) is 0 Å². The molecule has 1 unspecified atom stereocenters. The largest absolute Gasteiger partial charge is 0.339 e. The first-order valence-electron chi connectivity index (χ1n) is 6.10. The van der Waals surface area contributed by atoms with Gasteiger partial charge in [0.2, 0.25) is 11.7 Å². The highest BCUT2D eigenvalue weighted by Crippen LogP contribution is 2.20. The van der Waals surface area contributed by atoms with Crippen molar-refractivity contribution in [2.75, 3.05) is 13.1 Å². The summed E-state index contributed by atoms with van der Waals surface area (Å²) in [6.45, 7) is 2.15. The number of nitrogens with one attached hydrogen (secondary N) is 1. The fraction of sp³-hybridized carbons (Fsp3) is 0.385. The molecule has 18 heavy (non-hydrogen) atoms. The Morgan fingerprint density at radius 3 is 2.89 bits per heavy atom. The van der Waals surface area contributed by atoms with Gasteiger partial charge in [0, 0.05) is 16.5 Å². The van der Waals surface area contributed by atoms with E-state index in [1.54, 1.807) is 0 Å². The van der Waals surface area contributed by atoms with E-state index < -0.39 is 0 Å². The lowest BCUT2D eigenvalue weighted by Gasteiger charge is -2.01. The van der Waals surface area contributed by atoms with E-state index in [4.69, 9.17) is 4.52 Å². The zero-order chi connectivity index (χ0) is 12.4. The summed E-state index contributed by atoms with van der Waals surface area (Å²) in [7, 11) is 0. The van der Waals surface area contributed by atoms with Gasteiger partial charge in [-0.1, -0.05) is 21.1 Å². The minimum atomic E-state index is 0.628. The summed E-state index contributed by atoms with van der Waals surface area (Å²) < 4.78 is 6.36. The lowest BCUT2D eigenvalue weighted by atomic mass is 10.1. The standard InChI is InChI=1S/C13H14BrN3O/c14-11-3-1-10(2-4-11)13-16-12(18-17-13)7-9-5-6-15-8-9/h1-4,9,15H,5-8H2. The minimum absolute atomic E-state index is 0.628. The number of halogens is 1. The molecule has 0 saturated carbocycles. The highest BCUT2D eigenvalue weighted by Gasteiger charge is 2.18. The molecule has 2 heterocycles. The van der Waals surface area contributed by atoms with Crippen LogP contribution in [0.15, 0.2) is 33.3 Å². The molecule has 0 amide bonds. The van der Waals surface area contributed by atoms with Gasteiger partial charge in [-0.05, 0) is 49.7 Å². The molecular weight excluding hydrogens is 294 g/mol. The molecule has 1 N–H and O–H groups in total. The minimum Gasteiger partial charge on any atom is -0.339 e. The van der Waals surface area contributed by atoms with Gasteiger partial charge >= 0.3 is 0 Å². The molecule has 1 aliphatic heterocycles. The third-order valence-electron chi connectivity index (χ3n) is 3.20. The molecule has 0 spiro atoms. The van der Waals surface area contributed by atoms with Crippen LogP contribution in [0.3, 0.4) is 0 Å². The van der Waals surface area contributed by atoms with E-state index in [-0.39, 0.29) is 0 Å². The molecule has 2 aromatic rings. The van der Waals surface area contributed by atoms with Crippen LogP contribution in [0.4, 0.5) is 0 Å². The Balaban J connectivity index is 1.74. The first kappa shape index (κ1) is 11.9. The molecule has 1 saturated heterocycles. The second-order valence-electron chi connectivity index (χ2n) is 4.58. The third kappa shape index (κ3) is 2.62. The maximum Gasteiger partial charge on any atom is 0.227 e. The van der Waals surface area contributed by atoms with Gasteiger partial charge in [-0.25, -0.2) is 0 Å². The second-order valence-corrected chi connectivity index (χ2v) is 5.50. The molecule has 5 heteroatoms. The van der Waals surface area contributed by atoms with Gasteiger partial charge in [0.15, 0.2) is 0 Å². The average Bonchev–Trinajstić information content (AvgIpc) is 3.02. The lowest BCUT2D eigenvalue weighted by Crippen LogP contribution is -2.10. The van der Waals surface area contributed by atoms with E-state index in [1.165, 1.54) is 6.42 Å². The molecule has 0 bridgehead atoms. The Morgan fingerprint density at radius 1 is 1.33 bits per heavy atom. The molecule has 1 aliphatic rings. The van der Waals surface area contributed by atoms with E-state index in [1.807, 2.05) is 24.3 Å². The van der Waals surface area contributed by atoms with Crippen molar-refractivity contribution in [3.8, 4) is 11.4 Å². The molecule has 1 aromatic heterocycles. The molecule has 94 valence electrons. The van der Waals surface area contributed by atoms with Crippen molar-refractivity contribution in [1.29, 1.82) is 0 Å². The molecule has 1 fully saturated rings. The smallest absolute Gasteiger partial charge is 0.227 e. The van der Waals surface area contributed by atoms with Crippen molar-refractivity contribution in [2.45, 2.75) is 12.8 Å². The van der Waals surface area contributed by atoms with E-state index in [0.29, 0.717) is 11.7 Å². The Morgan fingerprint density at radius 2 is 2.17 bits per heavy atom. The molecule has 0 radical (unpaired) electrons. The SMILES string of the molecule is Brc1ccc(-c2noc(CC3CCNC3)n2)cc1. The van der Waals surface area contributed by atoms with Crippen molar-refractivity contribution in [3.63, 3.8) is 0 Å². The van der Waals surface area contributed by atoms with E-state index in [9.17, 15) is 0 Å². The fourth-order valence-electron chi connectivity index (χ4n) is 2.19. The van der Waals surface area contributed by atoms with Gasteiger partial charge in [0.25, 0.3) is 0 Å². The van der Waals surface area contributed by atoms with Crippen LogP contribution in [-0.4, -0.2) is 23.2 Å². The van der Waals surface area contributed by atoms with Crippen LogP contribution in [0.5, 0.6) is 0 Å². The molecule has 4 nitrogen and oxygen atoms in total. The zero-order valence-corrected chi connectivity index (χ0v) is 11.5. The van der Waals surface area contributed by atoms with Gasteiger partial charge < -0.3 is 9.84 Å². The van der Waals surface area contributed by atoms with E-state index >= 15 is 0 Å².